The van der Waals surface area contributed by atoms with E-state index in [1.807, 2.05) is 0 Å². The second kappa shape index (κ2) is 8.68. The van der Waals surface area contributed by atoms with Crippen molar-refractivity contribution in [3.8, 4) is 5.75 Å². The van der Waals surface area contributed by atoms with E-state index in [4.69, 9.17) is 4.74 Å². The lowest BCUT2D eigenvalue weighted by molar-refractivity contribution is -0.385. The highest BCUT2D eigenvalue weighted by Gasteiger charge is 2.26. The molecule has 0 aliphatic carbocycles. The van der Waals surface area contributed by atoms with E-state index in [2.05, 4.69) is 0 Å². The number of nitro groups is 1. The molecule has 0 radical (unpaired) electrons. The number of carbonyl (C=O) groups excluding carboxylic acids is 2. The third kappa shape index (κ3) is 4.34. The molecule has 0 N–H and O–H groups in total. The molecule has 1 fully saturated rings. The summed E-state index contributed by atoms with van der Waals surface area (Å²) in [6, 6.07) is 9.83. The van der Waals surface area contributed by atoms with Gasteiger partial charge in [-0.1, -0.05) is 12.1 Å². The van der Waals surface area contributed by atoms with Crippen molar-refractivity contribution in [2.24, 2.45) is 0 Å². The zero-order valence-corrected chi connectivity index (χ0v) is 15.8. The molecule has 2 aromatic rings. The number of nitrogens with zero attached hydrogens (tertiary/aromatic N) is 3. The van der Waals surface area contributed by atoms with E-state index in [0.29, 0.717) is 19.5 Å². The van der Waals surface area contributed by atoms with Crippen molar-refractivity contribution in [3.63, 3.8) is 0 Å². The van der Waals surface area contributed by atoms with Gasteiger partial charge in [-0.3, -0.25) is 19.7 Å². The molecule has 2 aromatic carbocycles. The lowest BCUT2D eigenvalue weighted by Crippen LogP contribution is -2.37. The molecule has 0 aromatic heterocycles. The molecular weight excluding hydrogens is 381 g/mol. The molecule has 1 saturated heterocycles. The summed E-state index contributed by atoms with van der Waals surface area (Å²) in [5, 5.41) is 11.2. The standard InChI is InChI=1S/C20H20FN3O5/c1-29-18-8-7-14(13-17(18)24(27)28)19(25)22-9-4-10-23(12-11-22)20(26)15-5-2-3-6-16(15)21/h2-3,5-8,13H,4,9-12H2,1H3. The molecule has 1 heterocycles. The Bertz CT molecular complexity index is 949. The van der Waals surface area contributed by atoms with Gasteiger partial charge in [0.15, 0.2) is 5.75 Å². The number of rotatable bonds is 4. The Hall–Kier alpha value is -3.49. The van der Waals surface area contributed by atoms with E-state index in [9.17, 15) is 24.1 Å². The van der Waals surface area contributed by atoms with Gasteiger partial charge < -0.3 is 14.5 Å². The maximum Gasteiger partial charge on any atom is 0.311 e. The van der Waals surface area contributed by atoms with Crippen LogP contribution in [0, 0.1) is 15.9 Å². The molecule has 8 nitrogen and oxygen atoms in total. The van der Waals surface area contributed by atoms with Crippen LogP contribution in [0.1, 0.15) is 27.1 Å². The van der Waals surface area contributed by atoms with Crippen LogP contribution in [0.4, 0.5) is 10.1 Å². The Morgan fingerprint density at radius 1 is 1.03 bits per heavy atom. The van der Waals surface area contributed by atoms with Crippen LogP contribution in [-0.2, 0) is 0 Å². The molecule has 1 aliphatic heterocycles. The van der Waals surface area contributed by atoms with E-state index >= 15 is 0 Å². The van der Waals surface area contributed by atoms with E-state index in [0.717, 1.165) is 0 Å². The van der Waals surface area contributed by atoms with Crippen LogP contribution in [-0.4, -0.2) is 59.8 Å². The number of halogens is 1. The Morgan fingerprint density at radius 2 is 1.69 bits per heavy atom. The van der Waals surface area contributed by atoms with Crippen LogP contribution in [0.25, 0.3) is 0 Å². The molecule has 0 unspecified atom stereocenters. The van der Waals surface area contributed by atoms with Crippen molar-refractivity contribution < 1.29 is 23.6 Å². The van der Waals surface area contributed by atoms with E-state index in [1.54, 1.807) is 11.0 Å². The first-order valence-electron chi connectivity index (χ1n) is 9.08. The molecular formula is C20H20FN3O5. The van der Waals surface area contributed by atoms with E-state index < -0.39 is 16.6 Å². The van der Waals surface area contributed by atoms with Crippen molar-refractivity contribution in [1.29, 1.82) is 0 Å². The summed E-state index contributed by atoms with van der Waals surface area (Å²) in [7, 11) is 1.32. The largest absolute Gasteiger partial charge is 0.490 e. The highest BCUT2D eigenvalue weighted by molar-refractivity contribution is 5.96. The first kappa shape index (κ1) is 20.2. The summed E-state index contributed by atoms with van der Waals surface area (Å²) in [5.74, 6) is -1.29. The summed E-state index contributed by atoms with van der Waals surface area (Å²) < 4.78 is 18.9. The van der Waals surface area contributed by atoms with Gasteiger partial charge in [-0.25, -0.2) is 4.39 Å². The first-order valence-corrected chi connectivity index (χ1v) is 9.08. The molecule has 3 rings (SSSR count). The normalized spacial score (nSPS) is 14.3. The number of ether oxygens (including phenoxy) is 1. The summed E-state index contributed by atoms with van der Waals surface area (Å²) in [4.78, 5) is 39.1. The van der Waals surface area contributed by atoms with Crippen LogP contribution in [0.15, 0.2) is 42.5 Å². The Kier molecular flexibility index (Phi) is 6.06. The average molecular weight is 401 g/mol. The quantitative estimate of drug-likeness (QED) is 0.580. The molecule has 0 atom stereocenters. The van der Waals surface area contributed by atoms with Crippen molar-refractivity contribution in [2.45, 2.75) is 6.42 Å². The van der Waals surface area contributed by atoms with Gasteiger partial charge in [0.05, 0.1) is 17.6 Å². The monoisotopic (exact) mass is 401 g/mol. The first-order chi connectivity index (χ1) is 13.9. The second-order valence-electron chi connectivity index (χ2n) is 6.56. The number of amides is 2. The highest BCUT2D eigenvalue weighted by Crippen LogP contribution is 2.28. The lowest BCUT2D eigenvalue weighted by atomic mass is 10.1. The Balaban J connectivity index is 1.73. The number of methoxy groups -OCH3 is 1. The summed E-state index contributed by atoms with van der Waals surface area (Å²) >= 11 is 0. The molecule has 0 bridgehead atoms. The number of hydrogen-bond donors (Lipinski definition) is 0. The van der Waals surface area contributed by atoms with Gasteiger partial charge in [0.1, 0.15) is 5.82 Å². The molecule has 152 valence electrons. The number of benzene rings is 2. The third-order valence-corrected chi connectivity index (χ3v) is 4.80. The maximum absolute atomic E-state index is 13.9. The molecule has 1 aliphatic rings. The van der Waals surface area contributed by atoms with Crippen molar-refractivity contribution in [3.05, 3.63) is 69.5 Å². The van der Waals surface area contributed by atoms with Gasteiger partial charge in [0.25, 0.3) is 11.8 Å². The molecule has 0 saturated carbocycles. The van der Waals surface area contributed by atoms with E-state index in [1.165, 1.54) is 48.4 Å². The average Bonchev–Trinajstić information content (AvgIpc) is 2.99. The van der Waals surface area contributed by atoms with Gasteiger partial charge in [0.2, 0.25) is 0 Å². The third-order valence-electron chi connectivity index (χ3n) is 4.80. The van der Waals surface area contributed by atoms with Crippen molar-refractivity contribution in [1.82, 2.24) is 9.80 Å². The minimum Gasteiger partial charge on any atom is -0.490 e. The Labute approximate surface area is 166 Å². The summed E-state index contributed by atoms with van der Waals surface area (Å²) in [6.45, 7) is 1.27. The summed E-state index contributed by atoms with van der Waals surface area (Å²) in [5.41, 5.74) is -0.117. The molecule has 9 heteroatoms. The summed E-state index contributed by atoms with van der Waals surface area (Å²) in [6.07, 6.45) is 0.518. The van der Waals surface area contributed by atoms with Gasteiger partial charge >= 0.3 is 5.69 Å². The predicted molar refractivity (Wildman–Crippen MR) is 102 cm³/mol. The number of hydrogen-bond acceptors (Lipinski definition) is 5. The minimum atomic E-state index is -0.604. The molecule has 29 heavy (non-hydrogen) atoms. The highest BCUT2D eigenvalue weighted by atomic mass is 19.1. The van der Waals surface area contributed by atoms with Gasteiger partial charge in [-0.2, -0.15) is 0 Å². The maximum atomic E-state index is 13.9. The van der Waals surface area contributed by atoms with Crippen LogP contribution in [0.3, 0.4) is 0 Å². The van der Waals surface area contributed by atoms with E-state index in [-0.39, 0.29) is 41.6 Å². The van der Waals surface area contributed by atoms with Gasteiger partial charge in [-0.05, 0) is 30.7 Å². The fourth-order valence-electron chi connectivity index (χ4n) is 3.28. The second-order valence-corrected chi connectivity index (χ2v) is 6.56. The van der Waals surface area contributed by atoms with Crippen LogP contribution < -0.4 is 4.74 Å². The number of carbonyl (C=O) groups is 2. The van der Waals surface area contributed by atoms with Gasteiger partial charge in [0, 0.05) is 37.8 Å². The number of nitro benzene ring substituents is 1. The fourth-order valence-corrected chi connectivity index (χ4v) is 3.28. The molecule has 2 amide bonds. The van der Waals surface area contributed by atoms with Gasteiger partial charge in [-0.15, -0.1) is 0 Å². The fraction of sp³-hybridized carbons (Fsp3) is 0.300. The van der Waals surface area contributed by atoms with Crippen molar-refractivity contribution in [2.75, 3.05) is 33.3 Å². The smallest absolute Gasteiger partial charge is 0.311 e. The van der Waals surface area contributed by atoms with Crippen molar-refractivity contribution >= 4 is 17.5 Å². The minimum absolute atomic E-state index is 0.00180. The van der Waals surface area contributed by atoms with Crippen LogP contribution >= 0.6 is 0 Å². The topological polar surface area (TPSA) is 93.0 Å². The zero-order valence-electron chi connectivity index (χ0n) is 15.8. The zero-order chi connectivity index (χ0) is 21.0. The molecule has 0 spiro atoms. The predicted octanol–water partition coefficient (Wildman–Crippen LogP) is 2.73. The van der Waals surface area contributed by atoms with Crippen LogP contribution in [0.5, 0.6) is 5.75 Å². The SMILES string of the molecule is COc1ccc(C(=O)N2CCCN(C(=O)c3ccccc3F)CC2)cc1[N+](=O)[O-]. The Morgan fingerprint density at radius 3 is 2.31 bits per heavy atom. The van der Waals surface area contributed by atoms with Crippen LogP contribution in [0.2, 0.25) is 0 Å². The lowest BCUT2D eigenvalue weighted by Gasteiger charge is -2.22.